The van der Waals surface area contributed by atoms with Crippen LogP contribution in [0.1, 0.15) is 50.3 Å². The summed E-state index contributed by atoms with van der Waals surface area (Å²) in [6.07, 6.45) is 0. The lowest BCUT2D eigenvalue weighted by Crippen LogP contribution is -2.60. The first kappa shape index (κ1) is 13.6. The van der Waals surface area contributed by atoms with E-state index in [2.05, 4.69) is 39.0 Å². The van der Waals surface area contributed by atoms with Gasteiger partial charge in [-0.15, -0.1) is 0 Å². The molecule has 1 aliphatic rings. The van der Waals surface area contributed by atoms with Crippen LogP contribution in [0, 0.1) is 6.92 Å². The van der Waals surface area contributed by atoms with E-state index in [-0.39, 0.29) is 5.41 Å². The molecule has 1 aromatic carbocycles. The molecule has 0 aromatic heterocycles. The molecular weight excluding hydrogens is 224 g/mol. The molecule has 18 heavy (non-hydrogen) atoms. The van der Waals surface area contributed by atoms with Gasteiger partial charge in [0, 0.05) is 0 Å². The van der Waals surface area contributed by atoms with Gasteiger partial charge in [0.2, 0.25) is 0 Å². The Morgan fingerprint density at radius 2 is 1.89 bits per heavy atom. The number of aryl methyl sites for hydroxylation is 1. The van der Waals surface area contributed by atoms with E-state index in [0.717, 1.165) is 0 Å². The standard InChI is InChI=1S/C16H24O2/c1-11(2)13-7-6-12(3)14(8-13)16(9-18-10-16)15(4,5)17/h6-8,11,17H,9-10H2,1-5H3. The van der Waals surface area contributed by atoms with Gasteiger partial charge in [0.25, 0.3) is 0 Å². The summed E-state index contributed by atoms with van der Waals surface area (Å²) in [5.41, 5.74) is 2.80. The molecule has 0 atom stereocenters. The Morgan fingerprint density at radius 3 is 2.28 bits per heavy atom. The van der Waals surface area contributed by atoms with E-state index in [4.69, 9.17) is 4.74 Å². The summed E-state index contributed by atoms with van der Waals surface area (Å²) in [6, 6.07) is 6.60. The van der Waals surface area contributed by atoms with Crippen molar-refractivity contribution in [3.63, 3.8) is 0 Å². The summed E-state index contributed by atoms with van der Waals surface area (Å²) in [5, 5.41) is 10.5. The summed E-state index contributed by atoms with van der Waals surface area (Å²) in [5.74, 6) is 0.504. The zero-order chi connectivity index (χ0) is 13.6. The van der Waals surface area contributed by atoms with E-state index < -0.39 is 5.60 Å². The van der Waals surface area contributed by atoms with Crippen LogP contribution in [0.5, 0.6) is 0 Å². The zero-order valence-corrected chi connectivity index (χ0v) is 12.1. The molecule has 0 amide bonds. The molecule has 2 nitrogen and oxygen atoms in total. The average molecular weight is 248 g/mol. The summed E-state index contributed by atoms with van der Waals surface area (Å²) >= 11 is 0. The number of hydrogen-bond acceptors (Lipinski definition) is 2. The van der Waals surface area contributed by atoms with Crippen LogP contribution < -0.4 is 0 Å². The summed E-state index contributed by atoms with van der Waals surface area (Å²) in [4.78, 5) is 0. The van der Waals surface area contributed by atoms with Crippen LogP contribution in [0.25, 0.3) is 0 Å². The minimum atomic E-state index is -0.758. The Hall–Kier alpha value is -0.860. The third-order valence-corrected chi connectivity index (χ3v) is 4.31. The largest absolute Gasteiger partial charge is 0.389 e. The molecule has 1 saturated heterocycles. The third-order valence-electron chi connectivity index (χ3n) is 4.31. The second kappa shape index (κ2) is 4.36. The van der Waals surface area contributed by atoms with Gasteiger partial charge >= 0.3 is 0 Å². The Kier molecular flexibility index (Phi) is 3.28. The lowest BCUT2D eigenvalue weighted by Gasteiger charge is -2.50. The van der Waals surface area contributed by atoms with E-state index in [9.17, 15) is 5.11 Å². The van der Waals surface area contributed by atoms with Gasteiger partial charge in [-0.25, -0.2) is 0 Å². The van der Waals surface area contributed by atoms with Crippen LogP contribution in [-0.4, -0.2) is 23.9 Å². The molecule has 0 unspecified atom stereocenters. The first-order valence-electron chi connectivity index (χ1n) is 6.69. The molecule has 2 rings (SSSR count). The predicted molar refractivity (Wildman–Crippen MR) is 74.1 cm³/mol. The molecule has 100 valence electrons. The fourth-order valence-electron chi connectivity index (χ4n) is 2.66. The summed E-state index contributed by atoms with van der Waals surface area (Å²) in [6.45, 7) is 11.5. The molecule has 1 heterocycles. The minimum Gasteiger partial charge on any atom is -0.389 e. The van der Waals surface area contributed by atoms with Crippen molar-refractivity contribution in [2.24, 2.45) is 0 Å². The third kappa shape index (κ3) is 1.98. The van der Waals surface area contributed by atoms with Gasteiger partial charge in [-0.2, -0.15) is 0 Å². The quantitative estimate of drug-likeness (QED) is 0.890. The van der Waals surface area contributed by atoms with Crippen LogP contribution in [0.15, 0.2) is 18.2 Å². The number of ether oxygens (including phenoxy) is 1. The number of hydrogen-bond donors (Lipinski definition) is 1. The van der Waals surface area contributed by atoms with E-state index in [1.165, 1.54) is 16.7 Å². The normalized spacial score (nSPS) is 18.8. The van der Waals surface area contributed by atoms with Crippen molar-refractivity contribution in [2.75, 3.05) is 13.2 Å². The van der Waals surface area contributed by atoms with E-state index in [1.54, 1.807) is 0 Å². The summed E-state index contributed by atoms with van der Waals surface area (Å²) < 4.78 is 5.41. The van der Waals surface area contributed by atoms with Crippen molar-refractivity contribution in [3.8, 4) is 0 Å². The molecule has 2 heteroatoms. The van der Waals surface area contributed by atoms with Gasteiger partial charge in [0.05, 0.1) is 24.2 Å². The van der Waals surface area contributed by atoms with Crippen molar-refractivity contribution in [3.05, 3.63) is 34.9 Å². The van der Waals surface area contributed by atoms with Crippen molar-refractivity contribution in [1.29, 1.82) is 0 Å². The Morgan fingerprint density at radius 1 is 1.28 bits per heavy atom. The highest BCUT2D eigenvalue weighted by Gasteiger charge is 2.52. The lowest BCUT2D eigenvalue weighted by molar-refractivity contribution is -0.157. The molecule has 0 spiro atoms. The predicted octanol–water partition coefficient (Wildman–Crippen LogP) is 3.16. The number of aliphatic hydroxyl groups is 1. The smallest absolute Gasteiger partial charge is 0.0732 e. The van der Waals surface area contributed by atoms with Crippen molar-refractivity contribution < 1.29 is 9.84 Å². The zero-order valence-electron chi connectivity index (χ0n) is 12.1. The Bertz CT molecular complexity index is 437. The van der Waals surface area contributed by atoms with Crippen molar-refractivity contribution in [2.45, 2.75) is 51.6 Å². The highest BCUT2D eigenvalue weighted by molar-refractivity contribution is 5.42. The van der Waals surface area contributed by atoms with Crippen LogP contribution in [0.4, 0.5) is 0 Å². The molecule has 0 aliphatic carbocycles. The fourth-order valence-corrected chi connectivity index (χ4v) is 2.66. The van der Waals surface area contributed by atoms with Gasteiger partial charge in [0.1, 0.15) is 0 Å². The molecule has 0 radical (unpaired) electrons. The Labute approximate surface area is 110 Å². The number of benzene rings is 1. The molecule has 1 fully saturated rings. The van der Waals surface area contributed by atoms with Crippen LogP contribution in [0.2, 0.25) is 0 Å². The van der Waals surface area contributed by atoms with Gasteiger partial charge < -0.3 is 9.84 Å². The first-order chi connectivity index (χ1) is 8.28. The molecule has 1 aliphatic heterocycles. The molecule has 1 aromatic rings. The first-order valence-corrected chi connectivity index (χ1v) is 6.69. The summed E-state index contributed by atoms with van der Waals surface area (Å²) in [7, 11) is 0. The SMILES string of the molecule is Cc1ccc(C(C)C)cc1C1(C(C)(C)O)COC1. The molecule has 1 N–H and O–H groups in total. The van der Waals surface area contributed by atoms with E-state index in [1.807, 2.05) is 13.8 Å². The number of rotatable bonds is 3. The van der Waals surface area contributed by atoms with Crippen LogP contribution in [-0.2, 0) is 10.2 Å². The minimum absolute atomic E-state index is 0.248. The van der Waals surface area contributed by atoms with E-state index >= 15 is 0 Å². The second-order valence-corrected chi connectivity index (χ2v) is 6.36. The maximum absolute atomic E-state index is 10.5. The van der Waals surface area contributed by atoms with Gasteiger partial charge in [-0.05, 0) is 43.4 Å². The van der Waals surface area contributed by atoms with Crippen LogP contribution in [0.3, 0.4) is 0 Å². The lowest BCUT2D eigenvalue weighted by atomic mass is 9.65. The van der Waals surface area contributed by atoms with Crippen LogP contribution >= 0.6 is 0 Å². The van der Waals surface area contributed by atoms with E-state index in [0.29, 0.717) is 19.1 Å². The molecule has 0 bridgehead atoms. The Balaban J connectivity index is 2.52. The molecular formula is C16H24O2. The van der Waals surface area contributed by atoms with Gasteiger partial charge in [0.15, 0.2) is 0 Å². The van der Waals surface area contributed by atoms with Crippen molar-refractivity contribution in [1.82, 2.24) is 0 Å². The topological polar surface area (TPSA) is 29.5 Å². The highest BCUT2D eigenvalue weighted by atomic mass is 16.5. The second-order valence-electron chi connectivity index (χ2n) is 6.36. The van der Waals surface area contributed by atoms with Gasteiger partial charge in [-0.3, -0.25) is 0 Å². The van der Waals surface area contributed by atoms with Crippen molar-refractivity contribution >= 4 is 0 Å². The monoisotopic (exact) mass is 248 g/mol. The molecule has 0 saturated carbocycles. The maximum atomic E-state index is 10.5. The fraction of sp³-hybridized carbons (Fsp3) is 0.625. The van der Waals surface area contributed by atoms with Gasteiger partial charge in [-0.1, -0.05) is 32.0 Å². The average Bonchev–Trinajstić information content (AvgIpc) is 2.16. The highest BCUT2D eigenvalue weighted by Crippen LogP contribution is 2.43. The maximum Gasteiger partial charge on any atom is 0.0732 e.